The van der Waals surface area contributed by atoms with Crippen LogP contribution in [0.3, 0.4) is 0 Å². The summed E-state index contributed by atoms with van der Waals surface area (Å²) in [6.07, 6.45) is 51.7. The topological polar surface area (TPSA) is 155 Å². The smallest absolute Gasteiger partial charge is 0.462 e. The number of esters is 3. The van der Waals surface area contributed by atoms with E-state index >= 15 is 0 Å². The monoisotopic (exact) mass is 949 g/mol. The molecule has 0 aliphatic carbocycles. The lowest BCUT2D eigenvalue weighted by Crippen LogP contribution is -2.30. The molecule has 0 radical (unpaired) electrons. The summed E-state index contributed by atoms with van der Waals surface area (Å²) in [6, 6.07) is 0. The summed E-state index contributed by atoms with van der Waals surface area (Å²) in [5.74, 6) is -1.58. The number of aliphatic hydroxyl groups is 1. The predicted octanol–water partition coefficient (Wildman–Crippen LogP) is 14.6. The van der Waals surface area contributed by atoms with Crippen LogP contribution in [0.5, 0.6) is 0 Å². The van der Waals surface area contributed by atoms with Gasteiger partial charge in [-0.25, -0.2) is 4.57 Å². The minimum absolute atomic E-state index is 0.101. The van der Waals surface area contributed by atoms with Crippen molar-refractivity contribution in [2.24, 2.45) is 0 Å². The van der Waals surface area contributed by atoms with E-state index in [0.29, 0.717) is 19.3 Å². The molecule has 0 spiro atoms. The number of allylic oxidation sites excluding steroid dienone is 12. The molecule has 0 aliphatic rings. The molecule has 0 bridgehead atoms. The van der Waals surface area contributed by atoms with Crippen molar-refractivity contribution in [2.75, 3.05) is 26.4 Å². The molecule has 0 amide bonds. The molecule has 66 heavy (non-hydrogen) atoms. The van der Waals surface area contributed by atoms with Crippen molar-refractivity contribution in [2.45, 2.75) is 226 Å². The average molecular weight is 949 g/mol. The first-order valence-corrected chi connectivity index (χ1v) is 27.3. The van der Waals surface area contributed by atoms with Crippen molar-refractivity contribution < 1.29 is 52.2 Å². The molecule has 0 aromatic rings. The molecular weight excluding hydrogens is 856 g/mol. The largest absolute Gasteiger partial charge is 0.472 e. The molecule has 0 saturated heterocycles. The molecule has 0 fully saturated rings. The molecule has 0 rings (SSSR count). The van der Waals surface area contributed by atoms with Crippen LogP contribution in [0.2, 0.25) is 0 Å². The minimum atomic E-state index is -4.76. The fraction of sp³-hybridized carbons (Fsp3) is 0.722. The maximum atomic E-state index is 12.8. The number of hydrogen-bond donors (Lipinski definition) is 2. The zero-order valence-corrected chi connectivity index (χ0v) is 42.5. The zero-order valence-electron chi connectivity index (χ0n) is 41.6. The van der Waals surface area contributed by atoms with Crippen LogP contribution < -0.4 is 0 Å². The third-order valence-electron chi connectivity index (χ3n) is 10.6. The Labute approximate surface area is 401 Å². The molecule has 3 unspecified atom stereocenters. The summed E-state index contributed by atoms with van der Waals surface area (Å²) < 4.78 is 39.2. The van der Waals surface area contributed by atoms with Gasteiger partial charge in [0.1, 0.15) is 12.7 Å². The standard InChI is InChI=1S/C54H93O11P/c1-4-7-10-13-16-19-22-25-28-31-34-37-40-43-52(56)61-47-51(65-54(58)45-42-39-36-33-30-27-24-21-18-15-12-9-6-3)49-63-66(59,60)62-48-50(46-55)64-53(57)44-41-38-35-32-29-26-23-20-17-14-11-8-5-2/h7,10,12,15-16,19,21,24-25,28,34,37,50-51,55H,4-6,8-9,11,13-14,17-18,20,22-23,26-27,29-33,35-36,38-49H2,1-3H3,(H,59,60)/b10-7-,15-12-,19-16-,24-21-,28-25-,37-34-. The summed E-state index contributed by atoms with van der Waals surface area (Å²) in [5, 5.41) is 9.77. The molecule has 2 N–H and O–H groups in total. The van der Waals surface area contributed by atoms with Crippen LogP contribution in [0.4, 0.5) is 0 Å². The van der Waals surface area contributed by atoms with Gasteiger partial charge in [0, 0.05) is 19.3 Å². The van der Waals surface area contributed by atoms with Gasteiger partial charge < -0.3 is 24.2 Å². The van der Waals surface area contributed by atoms with Gasteiger partial charge in [-0.2, -0.15) is 0 Å². The number of ether oxygens (including phenoxy) is 3. The third kappa shape index (κ3) is 46.0. The Balaban J connectivity index is 4.82. The van der Waals surface area contributed by atoms with Crippen LogP contribution in [-0.4, -0.2) is 66.5 Å². The van der Waals surface area contributed by atoms with Crippen LogP contribution in [-0.2, 0) is 42.2 Å². The predicted molar refractivity (Wildman–Crippen MR) is 270 cm³/mol. The molecule has 11 nitrogen and oxygen atoms in total. The highest BCUT2D eigenvalue weighted by atomic mass is 31.2. The van der Waals surface area contributed by atoms with Gasteiger partial charge in [-0.3, -0.25) is 23.4 Å². The number of phosphoric ester groups is 1. The van der Waals surface area contributed by atoms with Crippen LogP contribution in [0.15, 0.2) is 72.9 Å². The fourth-order valence-electron chi connectivity index (χ4n) is 6.70. The van der Waals surface area contributed by atoms with E-state index in [2.05, 4.69) is 81.5 Å². The van der Waals surface area contributed by atoms with E-state index in [1.54, 1.807) is 0 Å². The molecule has 3 atom stereocenters. The molecule has 0 saturated carbocycles. The first kappa shape index (κ1) is 62.9. The van der Waals surface area contributed by atoms with Gasteiger partial charge in [0.25, 0.3) is 0 Å². The Bertz CT molecular complexity index is 1390. The first-order chi connectivity index (χ1) is 32.2. The Kier molecular flexibility index (Phi) is 46.1. The second-order valence-electron chi connectivity index (χ2n) is 17.0. The van der Waals surface area contributed by atoms with Gasteiger partial charge in [0.15, 0.2) is 6.10 Å². The Morgan fingerprint density at radius 2 is 0.848 bits per heavy atom. The normalized spacial score (nSPS) is 14.1. The van der Waals surface area contributed by atoms with Gasteiger partial charge >= 0.3 is 25.7 Å². The SMILES string of the molecule is CC/C=C\C/C=C\C/C=C\C/C=C\CCC(=O)OCC(COP(=O)(O)OCC(CO)OC(=O)CCCCCCCCCCCCCCC)OC(=O)CCCCCCC/C=C\C/C=C\CCC. The second kappa shape index (κ2) is 48.4. The highest BCUT2D eigenvalue weighted by Gasteiger charge is 2.28. The highest BCUT2D eigenvalue weighted by molar-refractivity contribution is 7.47. The quantitative estimate of drug-likeness (QED) is 0.0197. The van der Waals surface area contributed by atoms with Gasteiger partial charge in [-0.05, 0) is 70.6 Å². The molecule has 0 heterocycles. The highest BCUT2D eigenvalue weighted by Crippen LogP contribution is 2.43. The zero-order chi connectivity index (χ0) is 48.4. The van der Waals surface area contributed by atoms with Crippen molar-refractivity contribution in [3.05, 3.63) is 72.9 Å². The van der Waals surface area contributed by atoms with Crippen LogP contribution in [0, 0.1) is 0 Å². The molecule has 380 valence electrons. The maximum absolute atomic E-state index is 12.8. The Morgan fingerprint density at radius 1 is 0.439 bits per heavy atom. The first-order valence-electron chi connectivity index (χ1n) is 25.8. The number of unbranched alkanes of at least 4 members (excludes halogenated alkanes) is 18. The lowest BCUT2D eigenvalue weighted by atomic mass is 10.0. The van der Waals surface area contributed by atoms with Gasteiger partial charge in [-0.15, -0.1) is 0 Å². The number of hydrogen-bond acceptors (Lipinski definition) is 10. The number of carbonyl (C=O) groups excluding carboxylic acids is 3. The summed E-state index contributed by atoms with van der Waals surface area (Å²) in [4.78, 5) is 48.2. The van der Waals surface area contributed by atoms with Crippen molar-refractivity contribution in [3.8, 4) is 0 Å². The fourth-order valence-corrected chi connectivity index (χ4v) is 7.48. The number of aliphatic hydroxyl groups excluding tert-OH is 1. The summed E-state index contributed by atoms with van der Waals surface area (Å²) in [7, 11) is -4.76. The Morgan fingerprint density at radius 3 is 1.33 bits per heavy atom. The number of rotatable bonds is 47. The molecular formula is C54H93O11P. The summed E-state index contributed by atoms with van der Waals surface area (Å²) in [6.45, 7) is 4.35. The maximum Gasteiger partial charge on any atom is 0.472 e. The summed E-state index contributed by atoms with van der Waals surface area (Å²) in [5.41, 5.74) is 0. The van der Waals surface area contributed by atoms with E-state index in [1.165, 1.54) is 57.8 Å². The molecule has 0 aliphatic heterocycles. The van der Waals surface area contributed by atoms with Gasteiger partial charge in [0.2, 0.25) is 0 Å². The average Bonchev–Trinajstić information content (AvgIpc) is 3.30. The van der Waals surface area contributed by atoms with E-state index < -0.39 is 57.8 Å². The second-order valence-corrected chi connectivity index (χ2v) is 18.4. The van der Waals surface area contributed by atoms with Crippen LogP contribution in [0.1, 0.15) is 213 Å². The van der Waals surface area contributed by atoms with Crippen molar-refractivity contribution in [1.29, 1.82) is 0 Å². The van der Waals surface area contributed by atoms with Crippen molar-refractivity contribution >= 4 is 25.7 Å². The van der Waals surface area contributed by atoms with Gasteiger partial charge in [0.05, 0.1) is 19.8 Å². The third-order valence-corrected chi connectivity index (χ3v) is 11.6. The lowest BCUT2D eigenvalue weighted by Gasteiger charge is -2.21. The molecule has 0 aromatic heterocycles. The molecule has 12 heteroatoms. The number of carbonyl (C=O) groups is 3. The number of phosphoric acid groups is 1. The van der Waals surface area contributed by atoms with E-state index in [0.717, 1.165) is 96.3 Å². The van der Waals surface area contributed by atoms with E-state index in [1.807, 2.05) is 12.2 Å². The van der Waals surface area contributed by atoms with Crippen LogP contribution in [0.25, 0.3) is 0 Å². The van der Waals surface area contributed by atoms with E-state index in [9.17, 15) is 28.9 Å². The molecule has 0 aromatic carbocycles. The summed E-state index contributed by atoms with van der Waals surface area (Å²) >= 11 is 0. The Hall–Kier alpha value is -3.08. The van der Waals surface area contributed by atoms with Crippen molar-refractivity contribution in [3.63, 3.8) is 0 Å². The minimum Gasteiger partial charge on any atom is -0.462 e. The van der Waals surface area contributed by atoms with Crippen molar-refractivity contribution in [1.82, 2.24) is 0 Å². The van der Waals surface area contributed by atoms with Crippen LogP contribution >= 0.6 is 7.82 Å². The van der Waals surface area contributed by atoms with E-state index in [4.69, 9.17) is 23.3 Å². The van der Waals surface area contributed by atoms with E-state index in [-0.39, 0.29) is 25.9 Å². The lowest BCUT2D eigenvalue weighted by molar-refractivity contribution is -0.161. The van der Waals surface area contributed by atoms with Gasteiger partial charge in [-0.1, -0.05) is 196 Å².